The van der Waals surface area contributed by atoms with Crippen molar-refractivity contribution in [3.05, 3.63) is 11.8 Å². The van der Waals surface area contributed by atoms with E-state index in [1.165, 1.54) is 0 Å². The summed E-state index contributed by atoms with van der Waals surface area (Å²) in [4.78, 5) is 22.4. The van der Waals surface area contributed by atoms with Crippen LogP contribution < -0.4 is 5.32 Å². The first-order chi connectivity index (χ1) is 5.77. The van der Waals surface area contributed by atoms with Crippen molar-refractivity contribution in [1.29, 1.82) is 0 Å². The molecule has 62 valence electrons. The number of amides is 2. The number of imide groups is 1. The first-order valence-corrected chi connectivity index (χ1v) is 3.99. The van der Waals surface area contributed by atoms with E-state index in [1.807, 2.05) is 6.08 Å². The SMILES string of the molecule is O=C1NC(=O)C2C3CC=C(O3)C12. The molecule has 0 radical (unpaired) electrons. The second kappa shape index (κ2) is 1.71. The van der Waals surface area contributed by atoms with Crippen LogP contribution in [0.1, 0.15) is 6.42 Å². The standard InChI is InChI=1S/C8H7NO3/c10-7-5-3-1-2-4(12-3)6(5)8(11)9-7/h1,4-6H,2H2,(H,9,10,11). The van der Waals surface area contributed by atoms with Gasteiger partial charge in [0.15, 0.2) is 0 Å². The molecule has 0 aromatic carbocycles. The van der Waals surface area contributed by atoms with Gasteiger partial charge in [0.05, 0.1) is 5.92 Å². The van der Waals surface area contributed by atoms with E-state index in [2.05, 4.69) is 5.32 Å². The molecule has 3 heterocycles. The first kappa shape index (κ1) is 6.22. The van der Waals surface area contributed by atoms with Crippen LogP contribution >= 0.6 is 0 Å². The van der Waals surface area contributed by atoms with Crippen molar-refractivity contribution < 1.29 is 14.3 Å². The molecule has 0 saturated carbocycles. The zero-order valence-electron chi connectivity index (χ0n) is 6.24. The van der Waals surface area contributed by atoms with Crippen molar-refractivity contribution in [2.75, 3.05) is 0 Å². The molecule has 2 amide bonds. The second-order valence-corrected chi connectivity index (χ2v) is 3.36. The van der Waals surface area contributed by atoms with Crippen LogP contribution in [0, 0.1) is 11.8 Å². The quantitative estimate of drug-likeness (QED) is 0.495. The molecule has 0 aromatic rings. The Morgan fingerprint density at radius 2 is 2.25 bits per heavy atom. The Morgan fingerprint density at radius 3 is 3.00 bits per heavy atom. The van der Waals surface area contributed by atoms with Gasteiger partial charge in [-0.3, -0.25) is 14.9 Å². The van der Waals surface area contributed by atoms with Crippen LogP contribution in [0.25, 0.3) is 0 Å². The Hall–Kier alpha value is -1.32. The highest BCUT2D eigenvalue weighted by molar-refractivity contribution is 6.07. The maximum atomic E-state index is 11.2. The Balaban J connectivity index is 2.11. The van der Waals surface area contributed by atoms with Crippen LogP contribution in [0.15, 0.2) is 11.8 Å². The lowest BCUT2D eigenvalue weighted by atomic mass is 9.86. The van der Waals surface area contributed by atoms with E-state index in [1.54, 1.807) is 0 Å². The minimum atomic E-state index is -0.309. The maximum Gasteiger partial charge on any atom is 0.238 e. The summed E-state index contributed by atoms with van der Waals surface area (Å²) in [5.74, 6) is -0.210. The molecule has 0 spiro atoms. The molecule has 4 nitrogen and oxygen atoms in total. The van der Waals surface area contributed by atoms with E-state index in [0.717, 1.165) is 6.42 Å². The summed E-state index contributed by atoms with van der Waals surface area (Å²) in [5.41, 5.74) is 0. The molecule has 3 atom stereocenters. The fourth-order valence-corrected chi connectivity index (χ4v) is 2.21. The van der Waals surface area contributed by atoms with E-state index in [4.69, 9.17) is 4.74 Å². The first-order valence-electron chi connectivity index (χ1n) is 3.99. The smallest absolute Gasteiger partial charge is 0.238 e. The lowest BCUT2D eigenvalue weighted by Gasteiger charge is -2.09. The summed E-state index contributed by atoms with van der Waals surface area (Å²) in [6, 6.07) is 0. The highest BCUT2D eigenvalue weighted by Gasteiger charge is 2.56. The Labute approximate surface area is 68.6 Å². The Bertz CT molecular complexity index is 320. The molecule has 3 aliphatic rings. The highest BCUT2D eigenvalue weighted by atomic mass is 16.5. The Morgan fingerprint density at radius 1 is 1.42 bits per heavy atom. The summed E-state index contributed by atoms with van der Waals surface area (Å²) < 4.78 is 5.36. The number of carbonyl (C=O) groups is 2. The summed E-state index contributed by atoms with van der Waals surface area (Å²) in [5, 5.41) is 2.32. The maximum absolute atomic E-state index is 11.2. The van der Waals surface area contributed by atoms with E-state index >= 15 is 0 Å². The number of ether oxygens (including phenoxy) is 1. The van der Waals surface area contributed by atoms with Gasteiger partial charge in [-0.25, -0.2) is 0 Å². The van der Waals surface area contributed by atoms with Gasteiger partial charge in [0, 0.05) is 6.42 Å². The number of carbonyl (C=O) groups excluding carboxylic acids is 2. The topological polar surface area (TPSA) is 55.4 Å². The average Bonchev–Trinajstić information content (AvgIpc) is 2.64. The van der Waals surface area contributed by atoms with Gasteiger partial charge in [0.1, 0.15) is 17.8 Å². The molecule has 0 aromatic heterocycles. The third-order valence-corrected chi connectivity index (χ3v) is 2.74. The summed E-state index contributed by atoms with van der Waals surface area (Å²) in [6.07, 6.45) is 2.61. The van der Waals surface area contributed by atoms with Crippen molar-refractivity contribution in [1.82, 2.24) is 5.32 Å². The molecule has 3 unspecified atom stereocenters. The van der Waals surface area contributed by atoms with Gasteiger partial charge in [-0.05, 0) is 6.08 Å². The predicted molar refractivity (Wildman–Crippen MR) is 37.7 cm³/mol. The van der Waals surface area contributed by atoms with E-state index in [0.29, 0.717) is 5.76 Å². The monoisotopic (exact) mass is 165 g/mol. The average molecular weight is 165 g/mol. The van der Waals surface area contributed by atoms with Crippen LogP contribution in [0.2, 0.25) is 0 Å². The number of nitrogens with one attached hydrogen (secondary N) is 1. The predicted octanol–water partition coefficient (Wildman–Crippen LogP) is -0.438. The second-order valence-electron chi connectivity index (χ2n) is 3.36. The fraction of sp³-hybridized carbons (Fsp3) is 0.500. The zero-order valence-corrected chi connectivity index (χ0v) is 6.24. The normalized spacial score (nSPS) is 42.3. The van der Waals surface area contributed by atoms with Crippen LogP contribution in [0.5, 0.6) is 0 Å². The van der Waals surface area contributed by atoms with Crippen LogP contribution in [0.3, 0.4) is 0 Å². The zero-order chi connectivity index (χ0) is 8.29. The molecule has 1 N–H and O–H groups in total. The van der Waals surface area contributed by atoms with Crippen molar-refractivity contribution in [3.8, 4) is 0 Å². The third kappa shape index (κ3) is 0.510. The van der Waals surface area contributed by atoms with Crippen LogP contribution in [-0.2, 0) is 14.3 Å². The van der Waals surface area contributed by atoms with E-state index in [9.17, 15) is 9.59 Å². The van der Waals surface area contributed by atoms with Gasteiger partial charge in [0.25, 0.3) is 0 Å². The van der Waals surface area contributed by atoms with Crippen molar-refractivity contribution in [2.24, 2.45) is 11.8 Å². The van der Waals surface area contributed by atoms with Crippen LogP contribution in [-0.4, -0.2) is 17.9 Å². The number of hydrogen-bond acceptors (Lipinski definition) is 3. The minimum Gasteiger partial charge on any atom is -0.493 e. The van der Waals surface area contributed by atoms with Gasteiger partial charge < -0.3 is 4.74 Å². The van der Waals surface area contributed by atoms with Crippen LogP contribution in [0.4, 0.5) is 0 Å². The van der Waals surface area contributed by atoms with E-state index in [-0.39, 0.29) is 29.8 Å². The number of fused-ring (bicyclic) bond motifs is 5. The third-order valence-electron chi connectivity index (χ3n) is 2.74. The van der Waals surface area contributed by atoms with Gasteiger partial charge in [-0.15, -0.1) is 0 Å². The van der Waals surface area contributed by atoms with Gasteiger partial charge in [-0.1, -0.05) is 0 Å². The number of rotatable bonds is 0. The molecule has 2 saturated heterocycles. The molecular formula is C8H7NO3. The van der Waals surface area contributed by atoms with Gasteiger partial charge in [-0.2, -0.15) is 0 Å². The summed E-state index contributed by atoms with van der Waals surface area (Å²) >= 11 is 0. The van der Waals surface area contributed by atoms with Crippen molar-refractivity contribution >= 4 is 11.8 Å². The molecule has 2 fully saturated rings. The van der Waals surface area contributed by atoms with Crippen molar-refractivity contribution in [2.45, 2.75) is 12.5 Å². The molecule has 4 heteroatoms. The molecule has 0 aliphatic carbocycles. The van der Waals surface area contributed by atoms with E-state index < -0.39 is 0 Å². The fourth-order valence-electron chi connectivity index (χ4n) is 2.21. The van der Waals surface area contributed by atoms with Gasteiger partial charge in [0.2, 0.25) is 11.8 Å². The lowest BCUT2D eigenvalue weighted by Crippen LogP contribution is -2.27. The summed E-state index contributed by atoms with van der Waals surface area (Å²) in [6.45, 7) is 0. The molecule has 2 bridgehead atoms. The largest absolute Gasteiger partial charge is 0.493 e. The summed E-state index contributed by atoms with van der Waals surface area (Å²) in [7, 11) is 0. The lowest BCUT2D eigenvalue weighted by molar-refractivity contribution is -0.127. The Kier molecular flexibility index (Phi) is 0.885. The number of hydrogen-bond donors (Lipinski definition) is 1. The molecule has 3 aliphatic heterocycles. The molecule has 12 heavy (non-hydrogen) atoms. The van der Waals surface area contributed by atoms with Crippen molar-refractivity contribution in [3.63, 3.8) is 0 Å². The van der Waals surface area contributed by atoms with Gasteiger partial charge >= 0.3 is 0 Å². The minimum absolute atomic E-state index is 0.0727. The highest BCUT2D eigenvalue weighted by Crippen LogP contribution is 2.45. The molecule has 3 rings (SSSR count). The molecular weight excluding hydrogens is 158 g/mol.